The number of ether oxygens (including phenoxy) is 1. The third-order valence-electron chi connectivity index (χ3n) is 7.46. The Labute approximate surface area is 140 Å². The van der Waals surface area contributed by atoms with Crippen molar-refractivity contribution in [3.05, 3.63) is 23.0 Å². The van der Waals surface area contributed by atoms with Crippen LogP contribution in [0.15, 0.2) is 23.0 Å². The highest BCUT2D eigenvalue weighted by Crippen LogP contribution is 2.61. The van der Waals surface area contributed by atoms with Crippen molar-refractivity contribution >= 4 is 5.78 Å². The van der Waals surface area contributed by atoms with Crippen LogP contribution in [0.2, 0.25) is 0 Å². The summed E-state index contributed by atoms with van der Waals surface area (Å²) in [5, 5.41) is 0. The molecule has 0 aliphatic heterocycles. The number of carbonyl (C=O) groups excluding carboxylic acids is 1. The standard InChI is InChI=1S/C21H30O2/c1-3-11-21-12-10-17-16-7-5-15(23-2)13-14(16)4-6-18(17)19(21)8-9-20(21)22/h5,17-19H,3-4,6-13H2,1-2H3/t17-,18-,19+,21+/m1/s1. The molecule has 4 aliphatic rings. The Balaban J connectivity index is 1.61. The molecule has 23 heavy (non-hydrogen) atoms. The minimum atomic E-state index is 0.0657. The monoisotopic (exact) mass is 314 g/mol. The molecule has 2 heteroatoms. The molecule has 0 aromatic heterocycles. The van der Waals surface area contributed by atoms with Crippen molar-refractivity contribution in [1.82, 2.24) is 0 Å². The molecular formula is C21H30O2. The number of allylic oxidation sites excluding steroid dienone is 3. The zero-order chi connectivity index (χ0) is 16.0. The number of ketones is 1. The van der Waals surface area contributed by atoms with Gasteiger partial charge in [-0.1, -0.05) is 24.5 Å². The number of rotatable bonds is 3. The van der Waals surface area contributed by atoms with E-state index in [1.165, 1.54) is 25.7 Å². The molecule has 0 aromatic rings. The van der Waals surface area contributed by atoms with Gasteiger partial charge in [0.05, 0.1) is 12.9 Å². The van der Waals surface area contributed by atoms with E-state index in [-0.39, 0.29) is 5.41 Å². The summed E-state index contributed by atoms with van der Waals surface area (Å²) >= 11 is 0. The first kappa shape index (κ1) is 15.5. The Morgan fingerprint density at radius 2 is 2.13 bits per heavy atom. The van der Waals surface area contributed by atoms with Gasteiger partial charge in [0.1, 0.15) is 5.78 Å². The van der Waals surface area contributed by atoms with Gasteiger partial charge < -0.3 is 4.74 Å². The normalized spacial score (nSPS) is 39.5. The van der Waals surface area contributed by atoms with Crippen molar-refractivity contribution in [2.75, 3.05) is 7.11 Å². The molecule has 0 aromatic carbocycles. The Morgan fingerprint density at radius 1 is 1.26 bits per heavy atom. The second-order valence-electron chi connectivity index (χ2n) is 8.21. The number of Topliss-reactive ketones (excluding diaryl/α,β-unsaturated/α-hetero) is 1. The first-order chi connectivity index (χ1) is 11.2. The van der Waals surface area contributed by atoms with Gasteiger partial charge in [-0.3, -0.25) is 4.79 Å². The van der Waals surface area contributed by atoms with E-state index in [0.717, 1.165) is 56.1 Å². The summed E-state index contributed by atoms with van der Waals surface area (Å²) in [5.74, 6) is 3.98. The lowest BCUT2D eigenvalue weighted by Gasteiger charge is -2.51. The molecule has 4 rings (SSSR count). The van der Waals surface area contributed by atoms with Crippen molar-refractivity contribution in [3.8, 4) is 0 Å². The Bertz CT molecular complexity index is 570. The lowest BCUT2D eigenvalue weighted by Crippen LogP contribution is -2.45. The van der Waals surface area contributed by atoms with Crippen LogP contribution in [-0.2, 0) is 9.53 Å². The molecule has 0 heterocycles. The highest BCUT2D eigenvalue weighted by atomic mass is 16.5. The highest BCUT2D eigenvalue weighted by molar-refractivity contribution is 5.87. The maximum atomic E-state index is 12.7. The largest absolute Gasteiger partial charge is 0.501 e. The third kappa shape index (κ3) is 2.24. The van der Waals surface area contributed by atoms with Crippen molar-refractivity contribution < 1.29 is 9.53 Å². The summed E-state index contributed by atoms with van der Waals surface area (Å²) in [7, 11) is 1.80. The van der Waals surface area contributed by atoms with E-state index in [2.05, 4.69) is 13.0 Å². The number of hydrogen-bond acceptors (Lipinski definition) is 2. The van der Waals surface area contributed by atoms with E-state index in [0.29, 0.717) is 11.7 Å². The highest BCUT2D eigenvalue weighted by Gasteiger charge is 2.56. The van der Waals surface area contributed by atoms with Gasteiger partial charge in [-0.15, -0.1) is 0 Å². The zero-order valence-electron chi connectivity index (χ0n) is 14.7. The molecule has 4 aliphatic carbocycles. The maximum Gasteiger partial charge on any atom is 0.139 e. The molecular weight excluding hydrogens is 284 g/mol. The van der Waals surface area contributed by atoms with Gasteiger partial charge in [0.25, 0.3) is 0 Å². The van der Waals surface area contributed by atoms with Gasteiger partial charge in [0.15, 0.2) is 0 Å². The van der Waals surface area contributed by atoms with Crippen LogP contribution in [0.25, 0.3) is 0 Å². The second kappa shape index (κ2) is 5.79. The summed E-state index contributed by atoms with van der Waals surface area (Å²) in [4.78, 5) is 12.7. The summed E-state index contributed by atoms with van der Waals surface area (Å²) in [6.07, 6.45) is 13.7. The predicted molar refractivity (Wildman–Crippen MR) is 91.9 cm³/mol. The van der Waals surface area contributed by atoms with Crippen LogP contribution < -0.4 is 0 Å². The lowest BCUT2D eigenvalue weighted by molar-refractivity contribution is -0.131. The summed E-state index contributed by atoms with van der Waals surface area (Å²) in [6, 6.07) is 0. The van der Waals surface area contributed by atoms with Crippen molar-refractivity contribution in [2.45, 2.75) is 71.1 Å². The average molecular weight is 314 g/mol. The minimum Gasteiger partial charge on any atom is -0.501 e. The average Bonchev–Trinajstić information content (AvgIpc) is 2.91. The topological polar surface area (TPSA) is 26.3 Å². The second-order valence-corrected chi connectivity index (χ2v) is 8.21. The fourth-order valence-corrected chi connectivity index (χ4v) is 6.53. The quantitative estimate of drug-likeness (QED) is 0.670. The van der Waals surface area contributed by atoms with Gasteiger partial charge in [-0.2, -0.15) is 0 Å². The zero-order valence-corrected chi connectivity index (χ0v) is 14.7. The first-order valence-electron chi connectivity index (χ1n) is 9.66. The smallest absolute Gasteiger partial charge is 0.139 e. The predicted octanol–water partition coefficient (Wildman–Crippen LogP) is 5.19. The van der Waals surface area contributed by atoms with E-state index in [4.69, 9.17) is 4.74 Å². The molecule has 0 unspecified atom stereocenters. The molecule has 0 radical (unpaired) electrons. The van der Waals surface area contributed by atoms with Crippen molar-refractivity contribution in [1.29, 1.82) is 0 Å². The first-order valence-corrected chi connectivity index (χ1v) is 9.66. The fourth-order valence-electron chi connectivity index (χ4n) is 6.53. The lowest BCUT2D eigenvalue weighted by atomic mass is 9.53. The molecule has 0 saturated heterocycles. The van der Waals surface area contributed by atoms with Gasteiger partial charge >= 0.3 is 0 Å². The molecule has 4 atom stereocenters. The number of carbonyl (C=O) groups is 1. The van der Waals surface area contributed by atoms with Crippen molar-refractivity contribution in [3.63, 3.8) is 0 Å². The molecule has 0 spiro atoms. The van der Waals surface area contributed by atoms with E-state index >= 15 is 0 Å². The minimum absolute atomic E-state index is 0.0657. The van der Waals surface area contributed by atoms with E-state index in [1.54, 1.807) is 18.3 Å². The van der Waals surface area contributed by atoms with Crippen LogP contribution in [0.3, 0.4) is 0 Å². The number of methoxy groups -OCH3 is 1. The third-order valence-corrected chi connectivity index (χ3v) is 7.46. The summed E-state index contributed by atoms with van der Waals surface area (Å²) in [5.41, 5.74) is 3.46. The molecule has 0 N–H and O–H groups in total. The van der Waals surface area contributed by atoms with Crippen LogP contribution in [0.5, 0.6) is 0 Å². The molecule has 2 fully saturated rings. The van der Waals surface area contributed by atoms with Gasteiger partial charge in [-0.05, 0) is 68.8 Å². The summed E-state index contributed by atoms with van der Waals surface area (Å²) in [6.45, 7) is 2.25. The van der Waals surface area contributed by atoms with Crippen LogP contribution in [0, 0.1) is 23.2 Å². The van der Waals surface area contributed by atoms with Gasteiger partial charge in [-0.25, -0.2) is 0 Å². The molecule has 2 saturated carbocycles. The Kier molecular flexibility index (Phi) is 3.90. The Hall–Kier alpha value is -1.05. The van der Waals surface area contributed by atoms with Crippen LogP contribution in [-0.4, -0.2) is 12.9 Å². The molecule has 2 nitrogen and oxygen atoms in total. The van der Waals surface area contributed by atoms with E-state index in [1.807, 2.05) is 0 Å². The van der Waals surface area contributed by atoms with Crippen LogP contribution in [0.4, 0.5) is 0 Å². The van der Waals surface area contributed by atoms with Crippen LogP contribution in [0.1, 0.15) is 71.1 Å². The van der Waals surface area contributed by atoms with Gasteiger partial charge in [0, 0.05) is 18.3 Å². The SMILES string of the molecule is CCC[C@]12CC[C@@H]3C4=C(CC[C@H]3[C@@H]1CCC2=O)CC(OC)=CC4. The number of hydrogen-bond donors (Lipinski definition) is 0. The van der Waals surface area contributed by atoms with Crippen LogP contribution >= 0.6 is 0 Å². The fraction of sp³-hybridized carbons (Fsp3) is 0.762. The summed E-state index contributed by atoms with van der Waals surface area (Å²) < 4.78 is 5.49. The molecule has 126 valence electrons. The molecule has 0 bridgehead atoms. The maximum absolute atomic E-state index is 12.7. The number of fused-ring (bicyclic) bond motifs is 4. The Morgan fingerprint density at radius 3 is 2.91 bits per heavy atom. The van der Waals surface area contributed by atoms with Gasteiger partial charge in [0.2, 0.25) is 0 Å². The molecule has 0 amide bonds. The van der Waals surface area contributed by atoms with E-state index < -0.39 is 0 Å². The van der Waals surface area contributed by atoms with Crippen molar-refractivity contribution in [2.24, 2.45) is 23.2 Å². The van der Waals surface area contributed by atoms with E-state index in [9.17, 15) is 4.79 Å².